The molecule has 0 atom stereocenters. The molecule has 90 valence electrons. The molecule has 4 nitrogen and oxygen atoms in total. The maximum atomic E-state index is 5.17. The Morgan fingerprint density at radius 2 is 2.12 bits per heavy atom. The maximum absolute atomic E-state index is 5.17. The average Bonchev–Trinajstić information content (AvgIpc) is 2.75. The number of ether oxygens (including phenoxy) is 1. The van der Waals surface area contributed by atoms with Gasteiger partial charge < -0.3 is 10.1 Å². The summed E-state index contributed by atoms with van der Waals surface area (Å²) in [6.45, 7) is 1.38. The van der Waals surface area contributed by atoms with E-state index in [0.29, 0.717) is 6.61 Å². The molecule has 17 heavy (non-hydrogen) atoms. The lowest BCUT2D eigenvalue weighted by Crippen LogP contribution is -2.06. The summed E-state index contributed by atoms with van der Waals surface area (Å²) in [5.41, 5.74) is 2.11. The quantitative estimate of drug-likeness (QED) is 0.881. The molecule has 0 fully saturated rings. The van der Waals surface area contributed by atoms with Crippen LogP contribution in [0.3, 0.4) is 0 Å². The summed E-state index contributed by atoms with van der Waals surface area (Å²) in [4.78, 5) is 9.85. The van der Waals surface area contributed by atoms with E-state index < -0.39 is 0 Å². The first-order chi connectivity index (χ1) is 8.35. The molecular weight excluding hydrogens is 234 g/mol. The van der Waals surface area contributed by atoms with E-state index in [4.69, 9.17) is 4.74 Å². The average molecular weight is 249 g/mol. The first-order valence-corrected chi connectivity index (χ1v) is 6.19. The second-order valence-electron chi connectivity index (χ2n) is 3.59. The van der Waals surface area contributed by atoms with Gasteiger partial charge in [0, 0.05) is 36.5 Å². The summed E-state index contributed by atoms with van der Waals surface area (Å²) in [6, 6.07) is 3.94. The molecule has 0 aliphatic carbocycles. The number of thiazole rings is 1. The lowest BCUT2D eigenvalue weighted by molar-refractivity contribution is 0.181. The van der Waals surface area contributed by atoms with Gasteiger partial charge in [0.25, 0.3) is 0 Å². The lowest BCUT2D eigenvalue weighted by Gasteiger charge is -1.98. The first kappa shape index (κ1) is 12.2. The third-order valence-electron chi connectivity index (χ3n) is 2.32. The van der Waals surface area contributed by atoms with E-state index in [1.165, 1.54) is 4.88 Å². The van der Waals surface area contributed by atoms with Crippen molar-refractivity contribution >= 4 is 11.3 Å². The molecule has 0 amide bonds. The van der Waals surface area contributed by atoms with Crippen LogP contribution in [-0.2, 0) is 17.9 Å². The minimum absolute atomic E-state index is 0.554. The number of nitrogens with one attached hydrogen (secondary N) is 1. The zero-order valence-corrected chi connectivity index (χ0v) is 10.8. The van der Waals surface area contributed by atoms with Gasteiger partial charge in [0.05, 0.1) is 12.3 Å². The minimum atomic E-state index is 0.554. The highest BCUT2D eigenvalue weighted by molar-refractivity contribution is 7.15. The number of methoxy groups -OCH3 is 1. The predicted octanol–water partition coefficient (Wildman–Crippen LogP) is 2.07. The van der Waals surface area contributed by atoms with Gasteiger partial charge in [0.2, 0.25) is 0 Å². The molecule has 0 aliphatic rings. The molecule has 2 rings (SSSR count). The van der Waals surface area contributed by atoms with Gasteiger partial charge >= 0.3 is 0 Å². The number of pyridine rings is 1. The maximum Gasteiger partial charge on any atom is 0.124 e. The molecule has 2 heterocycles. The highest BCUT2D eigenvalue weighted by Crippen LogP contribution is 2.28. The first-order valence-electron chi connectivity index (χ1n) is 5.37. The van der Waals surface area contributed by atoms with Crippen LogP contribution in [0.15, 0.2) is 24.5 Å². The fourth-order valence-electron chi connectivity index (χ4n) is 1.55. The molecule has 1 N–H and O–H groups in total. The molecule has 0 saturated heterocycles. The van der Waals surface area contributed by atoms with Crippen molar-refractivity contribution in [3.63, 3.8) is 0 Å². The molecule has 0 spiro atoms. The van der Waals surface area contributed by atoms with Crippen LogP contribution in [0.5, 0.6) is 0 Å². The van der Waals surface area contributed by atoms with Crippen LogP contribution in [0.4, 0.5) is 0 Å². The Bertz CT molecular complexity index is 446. The van der Waals surface area contributed by atoms with Crippen molar-refractivity contribution in [2.45, 2.75) is 13.2 Å². The van der Waals surface area contributed by atoms with Crippen LogP contribution in [0.1, 0.15) is 10.6 Å². The molecule has 0 bridgehead atoms. The van der Waals surface area contributed by atoms with Crippen LogP contribution < -0.4 is 5.32 Å². The smallest absolute Gasteiger partial charge is 0.124 e. The number of nitrogens with zero attached hydrogens (tertiary/aromatic N) is 2. The van der Waals surface area contributed by atoms with E-state index in [0.717, 1.165) is 22.8 Å². The van der Waals surface area contributed by atoms with E-state index >= 15 is 0 Å². The Kier molecular flexibility index (Phi) is 4.19. The van der Waals surface area contributed by atoms with Crippen molar-refractivity contribution in [3.05, 3.63) is 35.1 Å². The van der Waals surface area contributed by atoms with Gasteiger partial charge in [-0.3, -0.25) is 4.98 Å². The largest absolute Gasteiger partial charge is 0.378 e. The Balaban J connectivity index is 2.33. The number of hydrogen-bond acceptors (Lipinski definition) is 5. The van der Waals surface area contributed by atoms with E-state index in [2.05, 4.69) is 15.3 Å². The van der Waals surface area contributed by atoms with E-state index in [1.54, 1.807) is 30.8 Å². The Hall–Kier alpha value is -1.30. The summed E-state index contributed by atoms with van der Waals surface area (Å²) < 4.78 is 5.17. The highest BCUT2D eigenvalue weighted by atomic mass is 32.1. The van der Waals surface area contributed by atoms with Crippen LogP contribution in [0.2, 0.25) is 0 Å². The van der Waals surface area contributed by atoms with Crippen molar-refractivity contribution in [1.29, 1.82) is 0 Å². The molecule has 0 aromatic carbocycles. The summed E-state index contributed by atoms with van der Waals surface area (Å²) in [7, 11) is 3.62. The van der Waals surface area contributed by atoms with Crippen LogP contribution >= 0.6 is 11.3 Å². The zero-order chi connectivity index (χ0) is 12.1. The van der Waals surface area contributed by atoms with Crippen LogP contribution in [-0.4, -0.2) is 24.1 Å². The van der Waals surface area contributed by atoms with Crippen molar-refractivity contribution in [3.8, 4) is 10.6 Å². The van der Waals surface area contributed by atoms with Crippen molar-refractivity contribution in [1.82, 2.24) is 15.3 Å². The van der Waals surface area contributed by atoms with Crippen molar-refractivity contribution in [2.24, 2.45) is 0 Å². The van der Waals surface area contributed by atoms with Gasteiger partial charge in [0.1, 0.15) is 5.01 Å². The van der Waals surface area contributed by atoms with Gasteiger partial charge in [-0.1, -0.05) is 0 Å². The second-order valence-corrected chi connectivity index (χ2v) is 4.67. The van der Waals surface area contributed by atoms with Crippen molar-refractivity contribution < 1.29 is 4.74 Å². The lowest BCUT2D eigenvalue weighted by atomic mass is 10.3. The molecule has 2 aromatic heterocycles. The van der Waals surface area contributed by atoms with E-state index in [9.17, 15) is 0 Å². The summed E-state index contributed by atoms with van der Waals surface area (Å²) in [5, 5.41) is 4.17. The molecule has 2 aromatic rings. The minimum Gasteiger partial charge on any atom is -0.378 e. The Morgan fingerprint density at radius 3 is 2.76 bits per heavy atom. The molecule has 0 saturated carbocycles. The zero-order valence-electron chi connectivity index (χ0n) is 9.93. The van der Waals surface area contributed by atoms with E-state index in [1.807, 2.05) is 19.2 Å². The molecule has 0 aliphatic heterocycles. The number of aromatic nitrogens is 2. The molecule has 5 heteroatoms. The Morgan fingerprint density at radius 1 is 1.35 bits per heavy atom. The van der Waals surface area contributed by atoms with Crippen molar-refractivity contribution in [2.75, 3.05) is 14.2 Å². The SMILES string of the molecule is CNCc1sc(-c2ccncc2)nc1COC. The van der Waals surface area contributed by atoms with E-state index in [-0.39, 0.29) is 0 Å². The predicted molar refractivity (Wildman–Crippen MR) is 68.8 cm³/mol. The van der Waals surface area contributed by atoms with Crippen LogP contribution in [0.25, 0.3) is 10.6 Å². The Labute approximate surface area is 105 Å². The third-order valence-corrected chi connectivity index (χ3v) is 3.47. The highest BCUT2D eigenvalue weighted by Gasteiger charge is 2.11. The topological polar surface area (TPSA) is 47.0 Å². The van der Waals surface area contributed by atoms with Gasteiger partial charge in [-0.05, 0) is 19.2 Å². The summed E-state index contributed by atoms with van der Waals surface area (Å²) in [5.74, 6) is 0. The molecular formula is C12H15N3OS. The van der Waals surface area contributed by atoms with Gasteiger partial charge in [-0.15, -0.1) is 11.3 Å². The number of rotatable bonds is 5. The third kappa shape index (κ3) is 2.88. The molecule has 0 radical (unpaired) electrons. The number of hydrogen-bond donors (Lipinski definition) is 1. The van der Waals surface area contributed by atoms with Gasteiger partial charge in [-0.2, -0.15) is 0 Å². The van der Waals surface area contributed by atoms with Gasteiger partial charge in [0.15, 0.2) is 0 Å². The monoisotopic (exact) mass is 249 g/mol. The standard InChI is InChI=1S/C12H15N3OS/c1-13-7-11-10(8-16-2)15-12(17-11)9-3-5-14-6-4-9/h3-6,13H,7-8H2,1-2H3. The fraction of sp³-hybridized carbons (Fsp3) is 0.333. The second kappa shape index (κ2) is 5.86. The summed E-state index contributed by atoms with van der Waals surface area (Å²) in [6.07, 6.45) is 3.56. The fourth-order valence-corrected chi connectivity index (χ4v) is 2.63. The van der Waals surface area contributed by atoms with Crippen LogP contribution in [0, 0.1) is 0 Å². The van der Waals surface area contributed by atoms with Gasteiger partial charge in [-0.25, -0.2) is 4.98 Å². The summed E-state index contributed by atoms with van der Waals surface area (Å²) >= 11 is 1.70. The normalized spacial score (nSPS) is 10.7. The molecule has 0 unspecified atom stereocenters.